The van der Waals surface area contributed by atoms with Gasteiger partial charge in [-0.15, -0.1) is 0 Å². The zero-order valence-corrected chi connectivity index (χ0v) is 45.0. The average Bonchev–Trinajstić information content (AvgIpc) is 3.36. The van der Waals surface area contributed by atoms with Crippen molar-refractivity contribution in [2.45, 2.75) is 187 Å². The van der Waals surface area contributed by atoms with Crippen LogP contribution in [0.25, 0.3) is 0 Å². The molecule has 0 aliphatic heterocycles. The molecule has 0 aromatic rings. The molecule has 9 nitrogen and oxygen atoms in total. The van der Waals surface area contributed by atoms with Gasteiger partial charge in [0.05, 0.1) is 13.2 Å². The van der Waals surface area contributed by atoms with Gasteiger partial charge in [0.25, 0.3) is 0 Å². The van der Waals surface area contributed by atoms with Crippen LogP contribution in [0.15, 0.2) is 158 Å². The number of allylic oxidation sites excluding steroid dienone is 26. The molecule has 0 aromatic carbocycles. The van der Waals surface area contributed by atoms with Crippen LogP contribution < -0.4 is 5.73 Å². The first-order valence-corrected chi connectivity index (χ1v) is 28.5. The monoisotopic (exact) mass is 1000 g/mol. The second kappa shape index (κ2) is 55.0. The van der Waals surface area contributed by atoms with Crippen molar-refractivity contribution < 1.29 is 37.6 Å². The van der Waals surface area contributed by atoms with Crippen molar-refractivity contribution in [1.29, 1.82) is 0 Å². The van der Waals surface area contributed by atoms with E-state index in [1.165, 1.54) is 19.3 Å². The molecule has 398 valence electrons. The number of esters is 2. The van der Waals surface area contributed by atoms with Crippen LogP contribution in [-0.2, 0) is 32.7 Å². The number of hydrogen-bond donors (Lipinski definition) is 2. The summed E-state index contributed by atoms with van der Waals surface area (Å²) >= 11 is 0. The third kappa shape index (κ3) is 54.8. The van der Waals surface area contributed by atoms with E-state index < -0.39 is 32.5 Å². The molecule has 0 fully saturated rings. The highest BCUT2D eigenvalue weighted by atomic mass is 31.2. The normalized spacial score (nSPS) is 14.4. The third-order valence-corrected chi connectivity index (χ3v) is 11.4. The number of ether oxygens (including phenoxy) is 2. The molecule has 3 N–H and O–H groups in total. The Labute approximate surface area is 432 Å². The van der Waals surface area contributed by atoms with Gasteiger partial charge in [-0.2, -0.15) is 0 Å². The van der Waals surface area contributed by atoms with Crippen LogP contribution in [0.5, 0.6) is 0 Å². The number of rotatable bonds is 48. The van der Waals surface area contributed by atoms with Crippen LogP contribution in [0.4, 0.5) is 0 Å². The van der Waals surface area contributed by atoms with E-state index in [2.05, 4.69) is 172 Å². The van der Waals surface area contributed by atoms with Crippen LogP contribution >= 0.6 is 7.82 Å². The minimum Gasteiger partial charge on any atom is -0.462 e. The quantitative estimate of drug-likeness (QED) is 0.0264. The number of hydrogen-bond acceptors (Lipinski definition) is 8. The minimum absolute atomic E-state index is 0.0344. The number of phosphoric acid groups is 1. The number of unbranched alkanes of at least 4 members (excludes halogenated alkanes) is 9. The largest absolute Gasteiger partial charge is 0.472 e. The van der Waals surface area contributed by atoms with Crippen molar-refractivity contribution in [2.75, 3.05) is 26.4 Å². The Morgan fingerprint density at radius 3 is 1.11 bits per heavy atom. The van der Waals surface area contributed by atoms with Crippen molar-refractivity contribution in [2.24, 2.45) is 5.73 Å². The number of phosphoric ester groups is 1. The lowest BCUT2D eigenvalue weighted by atomic mass is 10.1. The van der Waals surface area contributed by atoms with Gasteiger partial charge in [0, 0.05) is 19.4 Å². The molecular weight excluding hydrogens is 906 g/mol. The van der Waals surface area contributed by atoms with Crippen LogP contribution in [0.2, 0.25) is 0 Å². The Hall–Kier alpha value is -4.37. The van der Waals surface area contributed by atoms with E-state index in [4.69, 9.17) is 24.3 Å². The molecule has 0 aliphatic carbocycles. The molecule has 2 unspecified atom stereocenters. The van der Waals surface area contributed by atoms with Crippen molar-refractivity contribution in [3.8, 4) is 0 Å². The second-order valence-corrected chi connectivity index (χ2v) is 18.4. The fourth-order valence-corrected chi connectivity index (χ4v) is 7.26. The molecule has 0 saturated heterocycles. The molecule has 0 amide bonds. The fraction of sp³-hybridized carbons (Fsp3) is 0.541. The average molecular weight is 1000 g/mol. The molecule has 71 heavy (non-hydrogen) atoms. The molecule has 0 aromatic heterocycles. The Morgan fingerprint density at radius 1 is 0.423 bits per heavy atom. The molecule has 0 heterocycles. The summed E-state index contributed by atoms with van der Waals surface area (Å²) in [6.45, 7) is 3.42. The van der Waals surface area contributed by atoms with Gasteiger partial charge in [0.15, 0.2) is 6.10 Å². The highest BCUT2D eigenvalue weighted by molar-refractivity contribution is 7.47. The summed E-state index contributed by atoms with van der Waals surface area (Å²) in [7, 11) is -4.41. The van der Waals surface area contributed by atoms with E-state index >= 15 is 0 Å². The summed E-state index contributed by atoms with van der Waals surface area (Å²) in [6.07, 6.45) is 80.0. The maximum absolute atomic E-state index is 12.7. The van der Waals surface area contributed by atoms with E-state index in [1.54, 1.807) is 0 Å². The molecule has 0 aliphatic rings. The Balaban J connectivity index is 4.20. The van der Waals surface area contributed by atoms with Gasteiger partial charge in [-0.25, -0.2) is 4.57 Å². The summed E-state index contributed by atoms with van der Waals surface area (Å²) in [5.74, 6) is -0.908. The first-order chi connectivity index (χ1) is 34.8. The van der Waals surface area contributed by atoms with Crippen LogP contribution in [0, 0.1) is 0 Å². The highest BCUT2D eigenvalue weighted by Gasteiger charge is 2.26. The first kappa shape index (κ1) is 66.6. The third-order valence-electron chi connectivity index (χ3n) is 10.4. The second-order valence-electron chi connectivity index (χ2n) is 17.0. The van der Waals surface area contributed by atoms with Gasteiger partial charge >= 0.3 is 19.8 Å². The Kier molecular flexibility index (Phi) is 51.6. The molecule has 10 heteroatoms. The van der Waals surface area contributed by atoms with Crippen molar-refractivity contribution in [3.05, 3.63) is 158 Å². The zero-order valence-electron chi connectivity index (χ0n) is 44.1. The topological polar surface area (TPSA) is 134 Å². The van der Waals surface area contributed by atoms with E-state index in [9.17, 15) is 19.0 Å². The predicted octanol–water partition coefficient (Wildman–Crippen LogP) is 16.9. The number of carbonyl (C=O) groups excluding carboxylic acids is 2. The molecule has 0 rings (SSSR count). The van der Waals surface area contributed by atoms with Gasteiger partial charge in [0.1, 0.15) is 6.61 Å². The molecule has 0 saturated carbocycles. The molecule has 0 radical (unpaired) electrons. The van der Waals surface area contributed by atoms with E-state index in [0.29, 0.717) is 12.8 Å². The summed E-state index contributed by atoms with van der Waals surface area (Å²) in [5, 5.41) is 0. The van der Waals surface area contributed by atoms with Gasteiger partial charge < -0.3 is 20.1 Å². The van der Waals surface area contributed by atoms with Gasteiger partial charge in [-0.3, -0.25) is 18.6 Å². The first-order valence-electron chi connectivity index (χ1n) is 27.0. The van der Waals surface area contributed by atoms with E-state index in [-0.39, 0.29) is 32.6 Å². The Bertz CT molecular complexity index is 1710. The van der Waals surface area contributed by atoms with E-state index in [1.807, 2.05) is 0 Å². The smallest absolute Gasteiger partial charge is 0.462 e. The summed E-state index contributed by atoms with van der Waals surface area (Å²) in [6, 6.07) is 0. The SMILES string of the molecule is CC/C=C\C/C=C\C/C=C\C/C=C\C/C=C\C/C=C\C/C=C\C/C=C\CCCCC(=O)OC(COC(=O)CCCCCCCCC/C=C\C/C=C\C/C=C\C/C=C\C/C=C\CC)COP(=O)(O)OCCN. The lowest BCUT2D eigenvalue weighted by molar-refractivity contribution is -0.161. The Morgan fingerprint density at radius 2 is 0.732 bits per heavy atom. The highest BCUT2D eigenvalue weighted by Crippen LogP contribution is 2.43. The predicted molar refractivity (Wildman–Crippen MR) is 302 cm³/mol. The van der Waals surface area contributed by atoms with E-state index in [0.717, 1.165) is 122 Å². The van der Waals surface area contributed by atoms with Crippen molar-refractivity contribution in [1.82, 2.24) is 0 Å². The minimum atomic E-state index is -4.41. The lowest BCUT2D eigenvalue weighted by Gasteiger charge is -2.19. The summed E-state index contributed by atoms with van der Waals surface area (Å²) in [4.78, 5) is 35.1. The number of nitrogens with two attached hydrogens (primary N) is 1. The van der Waals surface area contributed by atoms with Gasteiger partial charge in [-0.05, 0) is 122 Å². The molecule has 2 atom stereocenters. The van der Waals surface area contributed by atoms with Crippen LogP contribution in [-0.4, -0.2) is 49.3 Å². The molecule has 0 spiro atoms. The maximum atomic E-state index is 12.7. The molecule has 0 bridgehead atoms. The summed E-state index contributed by atoms with van der Waals surface area (Å²) in [5.41, 5.74) is 5.37. The van der Waals surface area contributed by atoms with Crippen LogP contribution in [0.3, 0.4) is 0 Å². The van der Waals surface area contributed by atoms with Gasteiger partial charge in [-0.1, -0.05) is 204 Å². The van der Waals surface area contributed by atoms with Crippen LogP contribution in [0.1, 0.15) is 181 Å². The maximum Gasteiger partial charge on any atom is 0.472 e. The standard InChI is InChI=1S/C61H96NO8P/c1-3-5-7-9-11-13-15-17-19-21-23-25-27-28-29-30-32-34-36-38-40-42-44-46-48-50-52-54-61(64)70-59(58-69-71(65,66)68-56-55-62)57-67-60(63)53-51-49-47-45-43-41-39-37-35-33-31-26-24-22-20-18-16-14-12-10-8-6-4-2/h5-8,11-14,17-20,23-26,28-29,32-35,38,40,44,46,59H,3-4,9-10,15-16,21-22,27,30-31,36-37,39,41-43,45,47-58,62H2,1-2H3,(H,65,66)/b7-5-,8-6-,13-11-,14-12-,19-17-,20-18-,25-23-,26-24-,29-28-,34-32-,35-33-,40-38-,46-44-. The zero-order chi connectivity index (χ0) is 51.7. The number of carbonyl (C=O) groups is 2. The lowest BCUT2D eigenvalue weighted by Crippen LogP contribution is -2.29. The molecular formula is C61H96NO8P. The van der Waals surface area contributed by atoms with Crippen molar-refractivity contribution >= 4 is 19.8 Å². The van der Waals surface area contributed by atoms with Crippen molar-refractivity contribution in [3.63, 3.8) is 0 Å². The summed E-state index contributed by atoms with van der Waals surface area (Å²) < 4.78 is 32.9. The fourth-order valence-electron chi connectivity index (χ4n) is 6.50. The van der Waals surface area contributed by atoms with Gasteiger partial charge in [0.2, 0.25) is 0 Å².